The maximum absolute atomic E-state index is 6.03. The maximum Gasteiger partial charge on any atom is 0.243 e. The van der Waals surface area contributed by atoms with Crippen LogP contribution in [0.3, 0.4) is 0 Å². The van der Waals surface area contributed by atoms with Crippen molar-refractivity contribution in [3.05, 3.63) is 16.3 Å². The lowest BCUT2D eigenvalue weighted by Crippen LogP contribution is -2.02. The minimum atomic E-state index is 0.289. The third-order valence-corrected chi connectivity index (χ3v) is 2.89. The summed E-state index contributed by atoms with van der Waals surface area (Å²) in [5.41, 5.74) is 8.61. The summed E-state index contributed by atoms with van der Waals surface area (Å²) in [7, 11) is 0. The Labute approximate surface area is 84.9 Å². The third-order valence-electron chi connectivity index (χ3n) is 2.59. The summed E-state index contributed by atoms with van der Waals surface area (Å²) in [6.07, 6.45) is 3.06. The minimum Gasteiger partial charge on any atom is -0.366 e. The van der Waals surface area contributed by atoms with Crippen LogP contribution in [0.2, 0.25) is 5.15 Å². The van der Waals surface area contributed by atoms with E-state index in [1.165, 1.54) is 4.52 Å². The van der Waals surface area contributed by atoms with Crippen LogP contribution in [0, 0.1) is 0 Å². The normalized spacial score (nSPS) is 14.9. The van der Waals surface area contributed by atoms with Crippen LogP contribution < -0.4 is 5.73 Å². The topological polar surface area (TPSA) is 69.1 Å². The van der Waals surface area contributed by atoms with Gasteiger partial charge in [-0.2, -0.15) is 9.61 Å². The molecule has 3 rings (SSSR count). The van der Waals surface area contributed by atoms with Crippen molar-refractivity contribution >= 4 is 23.2 Å². The van der Waals surface area contributed by atoms with E-state index in [9.17, 15) is 0 Å². The average Bonchev–Trinajstić information content (AvgIpc) is 2.74. The zero-order valence-electron chi connectivity index (χ0n) is 7.37. The van der Waals surface area contributed by atoms with Gasteiger partial charge in [-0.15, -0.1) is 10.2 Å². The Bertz CT molecular complexity index is 518. The molecular formula is C8H8ClN5. The number of hydrogen-bond donors (Lipinski definition) is 1. The van der Waals surface area contributed by atoms with Gasteiger partial charge in [0.2, 0.25) is 5.95 Å². The number of aromatic nitrogens is 4. The van der Waals surface area contributed by atoms with Gasteiger partial charge in [0.25, 0.3) is 0 Å². The lowest BCUT2D eigenvalue weighted by Gasteiger charge is -2.02. The molecule has 0 saturated heterocycles. The summed E-state index contributed by atoms with van der Waals surface area (Å²) in [4.78, 5) is 0. The third kappa shape index (κ3) is 0.874. The van der Waals surface area contributed by atoms with Crippen molar-refractivity contribution in [1.29, 1.82) is 0 Å². The van der Waals surface area contributed by atoms with Gasteiger partial charge in [-0.05, 0) is 24.8 Å². The molecule has 0 aromatic carbocycles. The number of nitrogens with two attached hydrogens (primary N) is 1. The Morgan fingerprint density at radius 2 is 2.00 bits per heavy atom. The van der Waals surface area contributed by atoms with E-state index < -0.39 is 0 Å². The van der Waals surface area contributed by atoms with Gasteiger partial charge in [-0.25, -0.2) is 0 Å². The molecule has 0 radical (unpaired) electrons. The molecule has 14 heavy (non-hydrogen) atoms. The van der Waals surface area contributed by atoms with E-state index in [0.29, 0.717) is 5.15 Å². The van der Waals surface area contributed by atoms with E-state index in [-0.39, 0.29) is 5.95 Å². The minimum absolute atomic E-state index is 0.289. The van der Waals surface area contributed by atoms with Crippen LogP contribution in [0.15, 0.2) is 0 Å². The lowest BCUT2D eigenvalue weighted by atomic mass is 10.2. The lowest BCUT2D eigenvalue weighted by molar-refractivity contribution is 0.909. The highest BCUT2D eigenvalue weighted by atomic mass is 35.5. The van der Waals surface area contributed by atoms with Gasteiger partial charge in [-0.3, -0.25) is 0 Å². The Balaban J connectivity index is 2.47. The SMILES string of the molecule is Nc1nnc2c3c(c(Cl)nn12)CCC3. The molecule has 0 fully saturated rings. The number of aryl methyl sites for hydroxylation is 1. The Kier molecular flexibility index (Phi) is 1.47. The number of fused-ring (bicyclic) bond motifs is 3. The molecule has 2 aromatic rings. The van der Waals surface area contributed by atoms with Gasteiger partial charge >= 0.3 is 0 Å². The van der Waals surface area contributed by atoms with Crippen LogP contribution in [0.4, 0.5) is 5.95 Å². The average molecular weight is 210 g/mol. The van der Waals surface area contributed by atoms with Gasteiger partial charge in [0, 0.05) is 5.56 Å². The molecule has 0 spiro atoms. The van der Waals surface area contributed by atoms with Gasteiger partial charge in [0.1, 0.15) is 0 Å². The highest BCUT2D eigenvalue weighted by Crippen LogP contribution is 2.29. The van der Waals surface area contributed by atoms with Crippen LogP contribution in [-0.4, -0.2) is 19.8 Å². The molecule has 0 aliphatic heterocycles. The van der Waals surface area contributed by atoms with E-state index in [0.717, 1.165) is 36.0 Å². The highest BCUT2D eigenvalue weighted by Gasteiger charge is 2.21. The fraction of sp³-hybridized carbons (Fsp3) is 0.375. The smallest absolute Gasteiger partial charge is 0.243 e. The highest BCUT2D eigenvalue weighted by molar-refractivity contribution is 6.30. The number of rotatable bonds is 0. The Morgan fingerprint density at radius 1 is 1.21 bits per heavy atom. The van der Waals surface area contributed by atoms with Crippen molar-refractivity contribution < 1.29 is 0 Å². The molecule has 1 aliphatic rings. The van der Waals surface area contributed by atoms with Crippen molar-refractivity contribution in [1.82, 2.24) is 19.8 Å². The van der Waals surface area contributed by atoms with Crippen molar-refractivity contribution in [2.75, 3.05) is 5.73 Å². The summed E-state index contributed by atoms with van der Waals surface area (Å²) in [6, 6.07) is 0. The van der Waals surface area contributed by atoms with E-state index >= 15 is 0 Å². The predicted molar refractivity (Wildman–Crippen MR) is 52.2 cm³/mol. The zero-order chi connectivity index (χ0) is 9.71. The molecule has 2 heterocycles. The van der Waals surface area contributed by atoms with Crippen LogP contribution in [0.1, 0.15) is 17.5 Å². The standard InChI is InChI=1S/C8H8ClN5/c9-6-4-2-1-3-5(4)7-11-12-8(10)14(7)13-6/h1-3H2,(H2,10,12). The van der Waals surface area contributed by atoms with E-state index in [1.54, 1.807) is 0 Å². The molecule has 0 unspecified atom stereocenters. The summed E-state index contributed by atoms with van der Waals surface area (Å²) in [5, 5.41) is 12.4. The first-order valence-electron chi connectivity index (χ1n) is 4.45. The first-order valence-corrected chi connectivity index (χ1v) is 4.83. The molecular weight excluding hydrogens is 202 g/mol. The van der Waals surface area contributed by atoms with Gasteiger partial charge in [0.15, 0.2) is 10.8 Å². The molecule has 0 atom stereocenters. The quantitative estimate of drug-likeness (QED) is 0.699. The van der Waals surface area contributed by atoms with Crippen molar-refractivity contribution in [2.24, 2.45) is 0 Å². The Morgan fingerprint density at radius 3 is 2.86 bits per heavy atom. The van der Waals surface area contributed by atoms with Crippen LogP contribution in [0.5, 0.6) is 0 Å². The van der Waals surface area contributed by atoms with Crippen molar-refractivity contribution in [3.8, 4) is 0 Å². The largest absolute Gasteiger partial charge is 0.366 e. The molecule has 0 bridgehead atoms. The van der Waals surface area contributed by atoms with E-state index in [2.05, 4.69) is 15.3 Å². The summed E-state index contributed by atoms with van der Waals surface area (Å²) in [6.45, 7) is 0. The summed E-state index contributed by atoms with van der Waals surface area (Å²) in [5.74, 6) is 0.289. The van der Waals surface area contributed by atoms with Crippen LogP contribution in [0.25, 0.3) is 5.65 Å². The van der Waals surface area contributed by atoms with Crippen molar-refractivity contribution in [3.63, 3.8) is 0 Å². The van der Waals surface area contributed by atoms with Gasteiger partial charge in [0.05, 0.1) is 0 Å². The zero-order valence-corrected chi connectivity index (χ0v) is 8.12. The van der Waals surface area contributed by atoms with Gasteiger partial charge in [-0.1, -0.05) is 11.6 Å². The Hall–Kier alpha value is -1.36. The number of nitrogen functional groups attached to an aromatic ring is 1. The second kappa shape index (κ2) is 2.57. The first kappa shape index (κ1) is 7.99. The van der Waals surface area contributed by atoms with E-state index in [4.69, 9.17) is 17.3 Å². The molecule has 1 aliphatic carbocycles. The molecule has 0 saturated carbocycles. The molecule has 5 nitrogen and oxygen atoms in total. The fourth-order valence-electron chi connectivity index (χ4n) is 1.94. The molecule has 0 amide bonds. The van der Waals surface area contributed by atoms with Crippen molar-refractivity contribution in [2.45, 2.75) is 19.3 Å². The molecule has 2 aromatic heterocycles. The number of hydrogen-bond acceptors (Lipinski definition) is 4. The number of nitrogens with zero attached hydrogens (tertiary/aromatic N) is 4. The molecule has 6 heteroatoms. The molecule has 72 valence electrons. The second-order valence-electron chi connectivity index (χ2n) is 3.40. The van der Waals surface area contributed by atoms with E-state index in [1.807, 2.05) is 0 Å². The summed E-state index contributed by atoms with van der Waals surface area (Å²) >= 11 is 6.03. The first-order chi connectivity index (χ1) is 6.77. The second-order valence-corrected chi connectivity index (χ2v) is 3.75. The fourth-order valence-corrected chi connectivity index (χ4v) is 2.23. The van der Waals surface area contributed by atoms with Crippen LogP contribution in [-0.2, 0) is 12.8 Å². The van der Waals surface area contributed by atoms with Gasteiger partial charge < -0.3 is 5.73 Å². The monoisotopic (exact) mass is 209 g/mol. The maximum atomic E-state index is 6.03. The predicted octanol–water partition coefficient (Wildman–Crippen LogP) is 0.849. The number of halogens is 1. The number of anilines is 1. The summed E-state index contributed by atoms with van der Waals surface area (Å²) < 4.78 is 1.51. The molecule has 2 N–H and O–H groups in total. The van der Waals surface area contributed by atoms with Crippen LogP contribution >= 0.6 is 11.6 Å².